The van der Waals surface area contributed by atoms with Gasteiger partial charge >= 0.3 is 6.09 Å². The van der Waals surface area contributed by atoms with Gasteiger partial charge in [-0.1, -0.05) is 0 Å². The summed E-state index contributed by atoms with van der Waals surface area (Å²) in [4.78, 5) is 12.7. The number of hydrogen-bond donors (Lipinski definition) is 1. The molecule has 0 saturated carbocycles. The number of nitrogens with zero attached hydrogens (tertiary/aromatic N) is 1. The number of alkyl halides is 2. The Kier molecular flexibility index (Phi) is 3.96. The molecule has 0 radical (unpaired) electrons. The van der Waals surface area contributed by atoms with Gasteiger partial charge in [-0.2, -0.15) is 0 Å². The first-order valence-electron chi connectivity index (χ1n) is 5.70. The topological polar surface area (TPSA) is 55.6 Å². The van der Waals surface area contributed by atoms with E-state index in [0.717, 1.165) is 4.90 Å². The third-order valence-corrected chi connectivity index (χ3v) is 2.40. The Morgan fingerprint density at radius 1 is 1.47 bits per heavy atom. The molecular formula is C11H20F2N2O2. The van der Waals surface area contributed by atoms with Gasteiger partial charge in [-0.15, -0.1) is 0 Å². The lowest BCUT2D eigenvalue weighted by Gasteiger charge is -2.28. The van der Waals surface area contributed by atoms with Crippen LogP contribution in [0.15, 0.2) is 0 Å². The van der Waals surface area contributed by atoms with Crippen LogP contribution < -0.4 is 5.73 Å². The van der Waals surface area contributed by atoms with Crippen LogP contribution in [0.1, 0.15) is 33.6 Å². The van der Waals surface area contributed by atoms with Gasteiger partial charge < -0.3 is 15.4 Å². The highest BCUT2D eigenvalue weighted by molar-refractivity contribution is 5.68. The summed E-state index contributed by atoms with van der Waals surface area (Å²) in [5.74, 6) is -2.94. The van der Waals surface area contributed by atoms with Crippen molar-refractivity contribution in [3.63, 3.8) is 0 Å². The van der Waals surface area contributed by atoms with E-state index in [4.69, 9.17) is 10.5 Å². The molecule has 1 amide bonds. The Morgan fingerprint density at radius 2 is 2.06 bits per heavy atom. The van der Waals surface area contributed by atoms with Crippen molar-refractivity contribution >= 4 is 6.09 Å². The van der Waals surface area contributed by atoms with Gasteiger partial charge in [0.15, 0.2) is 0 Å². The van der Waals surface area contributed by atoms with Gasteiger partial charge in [-0.25, -0.2) is 13.6 Å². The molecule has 2 N–H and O–H groups in total. The zero-order valence-electron chi connectivity index (χ0n) is 10.5. The second-order valence-corrected chi connectivity index (χ2v) is 5.51. The van der Waals surface area contributed by atoms with Crippen molar-refractivity contribution in [3.8, 4) is 0 Å². The van der Waals surface area contributed by atoms with Gasteiger partial charge in [0.25, 0.3) is 5.92 Å². The second kappa shape index (κ2) is 4.76. The van der Waals surface area contributed by atoms with Crippen LogP contribution in [-0.2, 0) is 4.74 Å². The Balaban J connectivity index is 2.67. The Labute approximate surface area is 100 Å². The third kappa shape index (κ3) is 4.85. The molecule has 1 saturated heterocycles. The molecule has 1 aliphatic rings. The lowest BCUT2D eigenvalue weighted by atomic mass is 10.1. The van der Waals surface area contributed by atoms with Crippen molar-refractivity contribution in [2.75, 3.05) is 13.1 Å². The average molecular weight is 250 g/mol. The van der Waals surface area contributed by atoms with E-state index in [1.165, 1.54) is 0 Å². The first-order chi connectivity index (χ1) is 7.59. The van der Waals surface area contributed by atoms with E-state index < -0.39 is 30.2 Å². The van der Waals surface area contributed by atoms with Gasteiger partial charge in [-0.3, -0.25) is 0 Å². The quantitative estimate of drug-likeness (QED) is 0.715. The van der Waals surface area contributed by atoms with Crippen molar-refractivity contribution in [3.05, 3.63) is 0 Å². The highest BCUT2D eigenvalue weighted by atomic mass is 19.3. The van der Waals surface area contributed by atoms with Crippen LogP contribution in [0, 0.1) is 0 Å². The smallest absolute Gasteiger partial charge is 0.410 e. The van der Waals surface area contributed by atoms with Crippen LogP contribution in [0.2, 0.25) is 0 Å². The molecule has 1 aliphatic heterocycles. The molecule has 17 heavy (non-hydrogen) atoms. The molecule has 0 spiro atoms. The fraction of sp³-hybridized carbons (Fsp3) is 0.909. The van der Waals surface area contributed by atoms with E-state index in [0.29, 0.717) is 6.42 Å². The van der Waals surface area contributed by atoms with Crippen molar-refractivity contribution in [2.24, 2.45) is 5.73 Å². The number of halogens is 2. The minimum Gasteiger partial charge on any atom is -0.444 e. The molecule has 0 bridgehead atoms. The number of amides is 1. The second-order valence-electron chi connectivity index (χ2n) is 5.51. The molecule has 1 fully saturated rings. The zero-order valence-corrected chi connectivity index (χ0v) is 10.5. The summed E-state index contributed by atoms with van der Waals surface area (Å²) in [7, 11) is 0. The fourth-order valence-corrected chi connectivity index (χ4v) is 1.71. The molecule has 0 aromatic carbocycles. The van der Waals surface area contributed by atoms with E-state index in [-0.39, 0.29) is 13.0 Å². The summed E-state index contributed by atoms with van der Waals surface area (Å²) in [6, 6.07) is -0.572. The number of nitrogens with two attached hydrogens (primary N) is 1. The monoisotopic (exact) mass is 250 g/mol. The minimum atomic E-state index is -2.94. The lowest BCUT2D eigenvalue weighted by Crippen LogP contribution is -2.42. The summed E-state index contributed by atoms with van der Waals surface area (Å²) in [6.45, 7) is 4.70. The minimum absolute atomic E-state index is 0.214. The van der Waals surface area contributed by atoms with Crippen LogP contribution in [0.25, 0.3) is 0 Å². The molecule has 4 nitrogen and oxygen atoms in total. The molecule has 1 atom stereocenters. The fourth-order valence-electron chi connectivity index (χ4n) is 1.71. The van der Waals surface area contributed by atoms with Gasteiger partial charge in [0, 0.05) is 19.0 Å². The number of carbonyl (C=O) groups excluding carboxylic acids is 1. The summed E-state index contributed by atoms with van der Waals surface area (Å²) < 4.78 is 31.9. The Hall–Kier alpha value is -0.910. The molecule has 6 heteroatoms. The summed E-state index contributed by atoms with van der Waals surface area (Å²) in [5.41, 5.74) is 4.86. The van der Waals surface area contributed by atoms with E-state index in [9.17, 15) is 13.6 Å². The maximum Gasteiger partial charge on any atom is 0.410 e. The number of hydrogen-bond acceptors (Lipinski definition) is 3. The maximum atomic E-state index is 13.4. The first-order valence-corrected chi connectivity index (χ1v) is 5.70. The van der Waals surface area contributed by atoms with Crippen molar-refractivity contribution in [2.45, 2.75) is 51.2 Å². The van der Waals surface area contributed by atoms with Gasteiger partial charge in [0.1, 0.15) is 5.60 Å². The lowest BCUT2D eigenvalue weighted by molar-refractivity contribution is -0.0405. The Bertz CT molecular complexity index is 290. The number of ether oxygens (including phenoxy) is 1. The zero-order chi connectivity index (χ0) is 13.3. The van der Waals surface area contributed by atoms with Crippen molar-refractivity contribution < 1.29 is 18.3 Å². The van der Waals surface area contributed by atoms with Crippen molar-refractivity contribution in [1.29, 1.82) is 0 Å². The predicted molar refractivity (Wildman–Crippen MR) is 60.0 cm³/mol. The highest BCUT2D eigenvalue weighted by Crippen LogP contribution is 2.26. The highest BCUT2D eigenvalue weighted by Gasteiger charge is 2.39. The first kappa shape index (κ1) is 14.2. The normalized spacial score (nSPS) is 25.3. The van der Waals surface area contributed by atoms with Crippen LogP contribution in [0.5, 0.6) is 0 Å². The van der Waals surface area contributed by atoms with E-state index in [1.807, 2.05) is 0 Å². The van der Waals surface area contributed by atoms with E-state index in [2.05, 4.69) is 0 Å². The van der Waals surface area contributed by atoms with Crippen LogP contribution in [0.3, 0.4) is 0 Å². The summed E-state index contributed by atoms with van der Waals surface area (Å²) >= 11 is 0. The third-order valence-electron chi connectivity index (χ3n) is 2.40. The summed E-state index contributed by atoms with van der Waals surface area (Å²) in [6.07, 6.45) is -0.715. The molecule has 100 valence electrons. The van der Waals surface area contributed by atoms with Crippen LogP contribution >= 0.6 is 0 Å². The molecule has 0 aromatic rings. The largest absolute Gasteiger partial charge is 0.444 e. The molecular weight excluding hydrogens is 230 g/mol. The standard InChI is InChI=1S/C11H20F2N2O2/c1-10(2,3)17-9(16)15-5-4-8(14)6-11(12,13)7-15/h8H,4-7,14H2,1-3H3. The molecule has 1 unspecified atom stereocenters. The molecule has 1 rings (SSSR count). The van der Waals surface area contributed by atoms with Gasteiger partial charge in [-0.05, 0) is 27.2 Å². The van der Waals surface area contributed by atoms with Crippen molar-refractivity contribution in [1.82, 2.24) is 4.90 Å². The SMILES string of the molecule is CC(C)(C)OC(=O)N1CCC(N)CC(F)(F)C1. The molecule has 1 heterocycles. The Morgan fingerprint density at radius 3 is 2.59 bits per heavy atom. The van der Waals surface area contributed by atoms with Crippen LogP contribution in [0.4, 0.5) is 13.6 Å². The van der Waals surface area contributed by atoms with Gasteiger partial charge in [0.05, 0.1) is 6.54 Å². The van der Waals surface area contributed by atoms with Gasteiger partial charge in [0.2, 0.25) is 0 Å². The molecule has 0 aromatic heterocycles. The average Bonchev–Trinajstić information content (AvgIpc) is 2.20. The maximum absolute atomic E-state index is 13.4. The predicted octanol–water partition coefficient (Wildman–Crippen LogP) is 1.98. The molecule has 0 aliphatic carbocycles. The van der Waals surface area contributed by atoms with Crippen LogP contribution in [-0.4, -0.2) is 41.6 Å². The van der Waals surface area contributed by atoms with E-state index in [1.54, 1.807) is 20.8 Å². The van der Waals surface area contributed by atoms with E-state index >= 15 is 0 Å². The number of likely N-dealkylation sites (tertiary alicyclic amines) is 1. The summed E-state index contributed by atoms with van der Waals surface area (Å²) in [5, 5.41) is 0. The number of rotatable bonds is 0. The number of carbonyl (C=O) groups is 1.